The number of aryl methyl sites for hydroxylation is 2. The summed E-state index contributed by atoms with van der Waals surface area (Å²) in [4.78, 5) is 0. The second kappa shape index (κ2) is 7.41. The molecule has 3 aromatic rings. The van der Waals surface area contributed by atoms with Gasteiger partial charge >= 0.3 is 0 Å². The number of halogens is 1. The molecule has 2 N–H and O–H groups in total. The Morgan fingerprint density at radius 2 is 1.64 bits per heavy atom. The lowest BCUT2D eigenvalue weighted by atomic mass is 9.98. The van der Waals surface area contributed by atoms with Crippen molar-refractivity contribution in [2.75, 3.05) is 5.32 Å². The molecule has 0 atom stereocenters. The minimum absolute atomic E-state index is 0.463. The molecule has 0 unspecified atom stereocenters. The van der Waals surface area contributed by atoms with Crippen LogP contribution >= 0.6 is 11.6 Å². The van der Waals surface area contributed by atoms with Crippen LogP contribution in [0.25, 0.3) is 0 Å². The molecule has 126 valence electrons. The third kappa shape index (κ3) is 3.83. The highest BCUT2D eigenvalue weighted by molar-refractivity contribution is 6.35. The van der Waals surface area contributed by atoms with Crippen LogP contribution in [0, 0.1) is 13.8 Å². The molecule has 3 aromatic carbocycles. The van der Waals surface area contributed by atoms with E-state index in [0.717, 1.165) is 22.5 Å². The zero-order valence-corrected chi connectivity index (χ0v) is 14.9. The van der Waals surface area contributed by atoms with Gasteiger partial charge in [0, 0.05) is 22.5 Å². The third-order valence-corrected chi connectivity index (χ3v) is 4.34. The molecule has 0 aliphatic heterocycles. The maximum Gasteiger partial charge on any atom is 0.118 e. The Labute approximate surface area is 152 Å². The summed E-state index contributed by atoms with van der Waals surface area (Å²) in [5, 5.41) is 16.9. The van der Waals surface area contributed by atoms with Gasteiger partial charge in [0.1, 0.15) is 5.71 Å². The summed E-state index contributed by atoms with van der Waals surface area (Å²) in [6.07, 6.45) is 0. The van der Waals surface area contributed by atoms with Crippen LogP contribution in [-0.2, 0) is 0 Å². The van der Waals surface area contributed by atoms with Gasteiger partial charge in [0.05, 0.1) is 5.02 Å². The second-order valence-corrected chi connectivity index (χ2v) is 6.36. The van der Waals surface area contributed by atoms with Gasteiger partial charge in [0.25, 0.3) is 0 Å². The summed E-state index contributed by atoms with van der Waals surface area (Å²) >= 11 is 6.47. The van der Waals surface area contributed by atoms with Gasteiger partial charge in [-0.1, -0.05) is 53.2 Å². The summed E-state index contributed by atoms with van der Waals surface area (Å²) in [5.41, 5.74) is 6.08. The summed E-state index contributed by atoms with van der Waals surface area (Å²) in [7, 11) is 0. The van der Waals surface area contributed by atoms with Crippen molar-refractivity contribution in [1.82, 2.24) is 0 Å². The van der Waals surface area contributed by atoms with Crippen molar-refractivity contribution < 1.29 is 5.21 Å². The first kappa shape index (κ1) is 17.1. The minimum atomic E-state index is 0.463. The average Bonchev–Trinajstić information content (AvgIpc) is 2.59. The van der Waals surface area contributed by atoms with E-state index in [1.54, 1.807) is 0 Å². The molecule has 3 rings (SSSR count). The average molecular weight is 351 g/mol. The summed E-state index contributed by atoms with van der Waals surface area (Å²) in [5.74, 6) is 0. The Morgan fingerprint density at radius 3 is 2.32 bits per heavy atom. The number of oxime groups is 1. The van der Waals surface area contributed by atoms with E-state index in [-0.39, 0.29) is 0 Å². The van der Waals surface area contributed by atoms with Crippen LogP contribution in [0.15, 0.2) is 71.9 Å². The number of nitrogens with one attached hydrogen (secondary N) is 1. The molecule has 0 fully saturated rings. The van der Waals surface area contributed by atoms with Gasteiger partial charge in [-0.3, -0.25) is 0 Å². The standard InChI is InChI=1S/C21H19ClN2O/c1-14-6-5-8-16(12-14)23-17-10-11-19(20(22)13-17)21(24-25)18-9-4-3-7-15(18)2/h3-13,23,25H,1-2H3. The Bertz CT molecular complexity index is 935. The van der Waals surface area contributed by atoms with E-state index in [1.807, 2.05) is 74.5 Å². The van der Waals surface area contributed by atoms with Gasteiger partial charge in [-0.15, -0.1) is 0 Å². The molecule has 0 aromatic heterocycles. The molecular weight excluding hydrogens is 332 g/mol. The lowest BCUT2D eigenvalue weighted by molar-refractivity contribution is 0.319. The molecule has 3 nitrogen and oxygen atoms in total. The molecule has 0 amide bonds. The molecule has 0 aliphatic carbocycles. The molecule has 0 heterocycles. The monoisotopic (exact) mass is 350 g/mol. The number of nitrogens with zero attached hydrogens (tertiary/aromatic N) is 1. The highest BCUT2D eigenvalue weighted by atomic mass is 35.5. The second-order valence-electron chi connectivity index (χ2n) is 5.95. The number of anilines is 2. The minimum Gasteiger partial charge on any atom is -0.410 e. The third-order valence-electron chi connectivity index (χ3n) is 4.03. The van der Waals surface area contributed by atoms with Crippen molar-refractivity contribution in [3.8, 4) is 0 Å². The zero-order valence-electron chi connectivity index (χ0n) is 14.1. The van der Waals surface area contributed by atoms with Crippen LogP contribution in [0.1, 0.15) is 22.3 Å². The molecule has 0 radical (unpaired) electrons. The highest BCUT2D eigenvalue weighted by Crippen LogP contribution is 2.27. The Hall–Kier alpha value is -2.78. The van der Waals surface area contributed by atoms with Crippen molar-refractivity contribution in [3.63, 3.8) is 0 Å². The van der Waals surface area contributed by atoms with Crippen molar-refractivity contribution >= 4 is 28.7 Å². The SMILES string of the molecule is Cc1cccc(Nc2ccc(C(=NO)c3ccccc3C)c(Cl)c2)c1. The van der Waals surface area contributed by atoms with Crippen LogP contribution in [0.4, 0.5) is 11.4 Å². The smallest absolute Gasteiger partial charge is 0.118 e. The quantitative estimate of drug-likeness (QED) is 0.348. The molecular formula is C21H19ClN2O. The molecule has 25 heavy (non-hydrogen) atoms. The molecule has 0 spiro atoms. The van der Waals surface area contributed by atoms with Gasteiger partial charge in [0.2, 0.25) is 0 Å². The van der Waals surface area contributed by atoms with Gasteiger partial charge in [-0.2, -0.15) is 0 Å². The van der Waals surface area contributed by atoms with Crippen molar-refractivity contribution in [1.29, 1.82) is 0 Å². The molecule has 0 saturated carbocycles. The van der Waals surface area contributed by atoms with Crippen LogP contribution < -0.4 is 5.32 Å². The van der Waals surface area contributed by atoms with E-state index < -0.39 is 0 Å². The van der Waals surface area contributed by atoms with Crippen LogP contribution in [-0.4, -0.2) is 10.9 Å². The summed E-state index contributed by atoms with van der Waals surface area (Å²) < 4.78 is 0. The Kier molecular flexibility index (Phi) is 5.05. The first-order valence-corrected chi connectivity index (χ1v) is 8.38. The maximum absolute atomic E-state index is 9.53. The van der Waals surface area contributed by atoms with E-state index in [0.29, 0.717) is 16.3 Å². The fourth-order valence-electron chi connectivity index (χ4n) is 2.77. The lowest BCUT2D eigenvalue weighted by Crippen LogP contribution is -2.06. The van der Waals surface area contributed by atoms with Gasteiger partial charge in [-0.05, 0) is 55.3 Å². The Morgan fingerprint density at radius 1 is 0.880 bits per heavy atom. The predicted molar refractivity (Wildman–Crippen MR) is 105 cm³/mol. The fourth-order valence-corrected chi connectivity index (χ4v) is 3.04. The summed E-state index contributed by atoms with van der Waals surface area (Å²) in [6.45, 7) is 4.02. The fraction of sp³-hybridized carbons (Fsp3) is 0.0952. The normalized spacial score (nSPS) is 11.4. The van der Waals surface area contributed by atoms with E-state index in [1.165, 1.54) is 5.56 Å². The highest BCUT2D eigenvalue weighted by Gasteiger charge is 2.14. The first-order valence-electron chi connectivity index (χ1n) is 8.00. The molecule has 0 aliphatic rings. The van der Waals surface area contributed by atoms with E-state index >= 15 is 0 Å². The van der Waals surface area contributed by atoms with Crippen molar-refractivity contribution in [2.45, 2.75) is 13.8 Å². The predicted octanol–water partition coefficient (Wildman–Crippen LogP) is 5.93. The zero-order chi connectivity index (χ0) is 17.8. The van der Waals surface area contributed by atoms with Crippen molar-refractivity contribution in [2.24, 2.45) is 5.16 Å². The topological polar surface area (TPSA) is 44.6 Å². The number of hydrogen-bond donors (Lipinski definition) is 2. The molecule has 0 bridgehead atoms. The Balaban J connectivity index is 1.93. The van der Waals surface area contributed by atoms with Crippen molar-refractivity contribution in [3.05, 3.63) is 94.0 Å². The first-order chi connectivity index (χ1) is 12.1. The summed E-state index contributed by atoms with van der Waals surface area (Å²) in [6, 6.07) is 21.5. The van der Waals surface area contributed by atoms with Crippen LogP contribution in [0.2, 0.25) is 5.02 Å². The van der Waals surface area contributed by atoms with Gasteiger partial charge in [-0.25, -0.2) is 0 Å². The number of rotatable bonds is 4. The maximum atomic E-state index is 9.53. The van der Waals surface area contributed by atoms with Gasteiger partial charge in [0.15, 0.2) is 0 Å². The lowest BCUT2D eigenvalue weighted by Gasteiger charge is -2.12. The number of hydrogen-bond acceptors (Lipinski definition) is 3. The van der Waals surface area contributed by atoms with Crippen LogP contribution in [0.5, 0.6) is 0 Å². The van der Waals surface area contributed by atoms with E-state index in [2.05, 4.69) is 16.5 Å². The largest absolute Gasteiger partial charge is 0.410 e. The molecule has 0 saturated heterocycles. The molecule has 4 heteroatoms. The number of benzene rings is 3. The van der Waals surface area contributed by atoms with Crippen LogP contribution in [0.3, 0.4) is 0 Å². The van der Waals surface area contributed by atoms with E-state index in [9.17, 15) is 5.21 Å². The van der Waals surface area contributed by atoms with E-state index in [4.69, 9.17) is 11.6 Å². The van der Waals surface area contributed by atoms with Gasteiger partial charge < -0.3 is 10.5 Å².